The monoisotopic (exact) mass is 561 g/mol. The van der Waals surface area contributed by atoms with E-state index in [1.807, 2.05) is 54.6 Å². The second-order valence-electron chi connectivity index (χ2n) is 10.2. The van der Waals surface area contributed by atoms with Crippen molar-refractivity contribution >= 4 is 35.3 Å². The molecule has 208 valence electrons. The minimum absolute atomic E-state index is 0.0454. The molecule has 2 aromatic rings. The summed E-state index contributed by atoms with van der Waals surface area (Å²) in [4.78, 5) is 42.4. The first-order valence-electron chi connectivity index (χ1n) is 13.4. The van der Waals surface area contributed by atoms with Crippen molar-refractivity contribution in [1.29, 1.82) is 0 Å². The number of aliphatic hydroxyl groups is 1. The minimum Gasteiger partial charge on any atom is -0.457 e. The Morgan fingerprint density at radius 1 is 1.10 bits per heavy atom. The van der Waals surface area contributed by atoms with Crippen LogP contribution in [0.3, 0.4) is 0 Å². The summed E-state index contributed by atoms with van der Waals surface area (Å²) in [6.45, 7) is 4.52. The number of amides is 4. The SMILES string of the molecule is C=CC(=O)N1CC[C@@H](NC(=O)C2=C3NC(=O)N(c4ccc(Oc5ccccc5)cc4)C4CCNC(S2)C34)C[C@@H]1O. The van der Waals surface area contributed by atoms with Gasteiger partial charge in [-0.2, -0.15) is 0 Å². The zero-order chi connectivity index (χ0) is 27.8. The second-order valence-corrected chi connectivity index (χ2v) is 11.4. The molecule has 4 heterocycles. The van der Waals surface area contributed by atoms with Gasteiger partial charge in [0.25, 0.3) is 5.91 Å². The number of hydrogen-bond acceptors (Lipinski definition) is 7. The van der Waals surface area contributed by atoms with Crippen molar-refractivity contribution in [3.05, 3.63) is 77.9 Å². The molecule has 0 bridgehead atoms. The molecule has 0 saturated carbocycles. The predicted molar refractivity (Wildman–Crippen MR) is 151 cm³/mol. The van der Waals surface area contributed by atoms with E-state index in [0.29, 0.717) is 29.3 Å². The summed E-state index contributed by atoms with van der Waals surface area (Å²) < 4.78 is 5.91. The van der Waals surface area contributed by atoms with Gasteiger partial charge in [0.1, 0.15) is 17.7 Å². The number of carbonyl (C=O) groups excluding carboxylic acids is 3. The lowest BCUT2D eigenvalue weighted by atomic mass is 9.86. The number of para-hydroxylation sites is 1. The number of nitrogens with one attached hydrogen (secondary N) is 3. The Bertz CT molecular complexity index is 1350. The third kappa shape index (κ3) is 4.96. The van der Waals surface area contributed by atoms with Crippen molar-refractivity contribution in [3.8, 4) is 11.5 Å². The van der Waals surface area contributed by atoms with E-state index in [1.165, 1.54) is 22.7 Å². The van der Waals surface area contributed by atoms with Crippen LogP contribution in [0.2, 0.25) is 0 Å². The summed E-state index contributed by atoms with van der Waals surface area (Å²) >= 11 is 1.44. The first kappa shape index (κ1) is 26.4. The standard InChI is InChI=1S/C29H31N5O5S/c1-2-22(35)33-15-13-17(16-23(33)36)31-27(37)26-25-24-21(12-14-30-28(24)40-26)34(29(38)32-25)18-8-10-20(11-9-18)39-19-6-4-3-5-7-19/h2-11,17,21,23-24,28,30,36H,1,12-16H2,(H,31,37)(H,32,38)/t17-,21?,23+,24?,28?/m1/s1. The highest BCUT2D eigenvalue weighted by Gasteiger charge is 2.51. The van der Waals surface area contributed by atoms with E-state index < -0.39 is 6.23 Å². The average Bonchev–Trinajstić information content (AvgIpc) is 3.33. The van der Waals surface area contributed by atoms with Crippen molar-refractivity contribution in [3.63, 3.8) is 0 Å². The van der Waals surface area contributed by atoms with Gasteiger partial charge in [0.05, 0.1) is 16.3 Å². The van der Waals surface area contributed by atoms with Crippen molar-refractivity contribution in [2.45, 2.75) is 42.9 Å². The summed E-state index contributed by atoms with van der Waals surface area (Å²) in [6.07, 6.45) is 1.69. The summed E-state index contributed by atoms with van der Waals surface area (Å²) in [7, 11) is 0. The molecule has 4 amide bonds. The fraction of sp³-hybridized carbons (Fsp3) is 0.345. The maximum absolute atomic E-state index is 13.5. The van der Waals surface area contributed by atoms with Crippen molar-refractivity contribution in [2.24, 2.45) is 5.92 Å². The number of thioether (sulfide) groups is 1. The quantitative estimate of drug-likeness (QED) is 0.400. The van der Waals surface area contributed by atoms with E-state index in [0.717, 1.165) is 24.4 Å². The Morgan fingerprint density at radius 3 is 2.58 bits per heavy atom. The van der Waals surface area contributed by atoms with Gasteiger partial charge in [-0.1, -0.05) is 36.5 Å². The highest BCUT2D eigenvalue weighted by molar-refractivity contribution is 8.04. The number of urea groups is 1. The Morgan fingerprint density at radius 2 is 1.85 bits per heavy atom. The predicted octanol–water partition coefficient (Wildman–Crippen LogP) is 2.88. The third-order valence-electron chi connectivity index (χ3n) is 7.81. The highest BCUT2D eigenvalue weighted by atomic mass is 32.2. The fourth-order valence-electron chi connectivity index (χ4n) is 5.92. The molecule has 0 radical (unpaired) electrons. The number of benzene rings is 2. The molecule has 3 unspecified atom stereocenters. The minimum atomic E-state index is -0.987. The van der Waals surface area contributed by atoms with Crippen LogP contribution in [-0.4, -0.2) is 64.6 Å². The molecular formula is C29H31N5O5S. The van der Waals surface area contributed by atoms with Gasteiger partial charge in [-0.15, -0.1) is 0 Å². The Hall–Kier alpha value is -3.80. The molecule has 11 heteroatoms. The molecule has 10 nitrogen and oxygen atoms in total. The number of piperidine rings is 2. The van der Waals surface area contributed by atoms with E-state index >= 15 is 0 Å². The van der Waals surface area contributed by atoms with Crippen molar-refractivity contribution < 1.29 is 24.2 Å². The third-order valence-corrected chi connectivity index (χ3v) is 9.16. The smallest absolute Gasteiger partial charge is 0.326 e. The molecule has 5 atom stereocenters. The molecule has 2 aromatic carbocycles. The number of rotatable bonds is 6. The molecule has 4 aliphatic rings. The molecule has 0 aromatic heterocycles. The first-order valence-corrected chi connectivity index (χ1v) is 14.3. The van der Waals surface area contributed by atoms with Gasteiger partial charge in [-0.3, -0.25) is 14.5 Å². The maximum Gasteiger partial charge on any atom is 0.326 e. The maximum atomic E-state index is 13.5. The van der Waals surface area contributed by atoms with E-state index in [1.54, 1.807) is 4.90 Å². The Balaban J connectivity index is 1.17. The van der Waals surface area contributed by atoms with Crippen LogP contribution in [0.4, 0.5) is 10.5 Å². The van der Waals surface area contributed by atoms with Crippen LogP contribution in [-0.2, 0) is 9.59 Å². The van der Waals surface area contributed by atoms with Gasteiger partial charge in [0.15, 0.2) is 0 Å². The second kappa shape index (κ2) is 11.0. The van der Waals surface area contributed by atoms with Crippen LogP contribution in [0.5, 0.6) is 11.5 Å². The molecule has 40 heavy (non-hydrogen) atoms. The molecule has 6 rings (SSSR count). The summed E-state index contributed by atoms with van der Waals surface area (Å²) in [5.41, 5.74) is 1.41. The number of nitrogens with zero attached hydrogens (tertiary/aromatic N) is 2. The number of aliphatic hydroxyl groups excluding tert-OH is 1. The van der Waals surface area contributed by atoms with Crippen LogP contribution in [0.15, 0.2) is 77.9 Å². The van der Waals surface area contributed by atoms with Crippen LogP contribution in [0, 0.1) is 5.92 Å². The number of ether oxygens (including phenoxy) is 1. The number of anilines is 1. The lowest BCUT2D eigenvalue weighted by molar-refractivity contribution is -0.139. The molecule has 0 spiro atoms. The fourth-order valence-corrected chi connectivity index (χ4v) is 7.32. The Labute approximate surface area is 236 Å². The summed E-state index contributed by atoms with van der Waals surface area (Å²) in [6, 6.07) is 16.3. The molecule has 0 aliphatic carbocycles. The van der Waals surface area contributed by atoms with Crippen LogP contribution in [0.25, 0.3) is 0 Å². The van der Waals surface area contributed by atoms with E-state index in [9.17, 15) is 19.5 Å². The molecule has 4 N–H and O–H groups in total. The Kier molecular flexibility index (Phi) is 7.26. The van der Waals surface area contributed by atoms with Gasteiger partial charge in [0, 0.05) is 36.3 Å². The molecule has 3 saturated heterocycles. The van der Waals surface area contributed by atoms with Gasteiger partial charge >= 0.3 is 6.03 Å². The lowest BCUT2D eigenvalue weighted by Crippen LogP contribution is -2.62. The lowest BCUT2D eigenvalue weighted by Gasteiger charge is -2.45. The van der Waals surface area contributed by atoms with Crippen molar-refractivity contribution in [1.82, 2.24) is 20.9 Å². The van der Waals surface area contributed by atoms with Crippen LogP contribution >= 0.6 is 11.8 Å². The summed E-state index contributed by atoms with van der Waals surface area (Å²) in [5, 5.41) is 19.9. The van der Waals surface area contributed by atoms with Gasteiger partial charge < -0.3 is 30.7 Å². The van der Waals surface area contributed by atoms with Gasteiger partial charge in [0.2, 0.25) is 5.91 Å². The van der Waals surface area contributed by atoms with E-state index in [4.69, 9.17) is 4.74 Å². The number of likely N-dealkylation sites (tertiary alicyclic amines) is 1. The van der Waals surface area contributed by atoms with Crippen LogP contribution < -0.4 is 25.6 Å². The zero-order valence-electron chi connectivity index (χ0n) is 21.8. The van der Waals surface area contributed by atoms with Crippen LogP contribution in [0.1, 0.15) is 19.3 Å². The number of carbonyl (C=O) groups is 3. The topological polar surface area (TPSA) is 123 Å². The largest absolute Gasteiger partial charge is 0.457 e. The van der Waals surface area contributed by atoms with E-state index in [2.05, 4.69) is 22.5 Å². The molecular weight excluding hydrogens is 530 g/mol. The number of hydrogen-bond donors (Lipinski definition) is 4. The van der Waals surface area contributed by atoms with Gasteiger partial charge in [-0.25, -0.2) is 4.79 Å². The van der Waals surface area contributed by atoms with Gasteiger partial charge in [-0.05, 0) is 61.9 Å². The van der Waals surface area contributed by atoms with Crippen molar-refractivity contribution in [2.75, 3.05) is 18.0 Å². The molecule has 4 aliphatic heterocycles. The first-order chi connectivity index (χ1) is 19.4. The highest BCUT2D eigenvalue weighted by Crippen LogP contribution is 2.48. The summed E-state index contributed by atoms with van der Waals surface area (Å²) in [5.74, 6) is 0.738. The average molecular weight is 562 g/mol. The zero-order valence-corrected chi connectivity index (χ0v) is 22.6. The van der Waals surface area contributed by atoms with E-state index in [-0.39, 0.29) is 47.6 Å². The normalized spacial score (nSPS) is 27.5. The molecule has 3 fully saturated rings.